The van der Waals surface area contributed by atoms with Crippen LogP contribution in [0.3, 0.4) is 0 Å². The molecule has 0 bridgehead atoms. The van der Waals surface area contributed by atoms with Crippen molar-refractivity contribution in [3.8, 4) is 0 Å². The van der Waals surface area contributed by atoms with E-state index in [1.165, 1.54) is 0 Å². The summed E-state index contributed by atoms with van der Waals surface area (Å²) in [6.45, 7) is 8.35. The van der Waals surface area contributed by atoms with Crippen LogP contribution in [0.1, 0.15) is 20.3 Å². The van der Waals surface area contributed by atoms with Crippen LogP contribution < -0.4 is 10.6 Å². The summed E-state index contributed by atoms with van der Waals surface area (Å²) in [6, 6.07) is 0.426. The van der Waals surface area contributed by atoms with Gasteiger partial charge in [0.15, 0.2) is 0 Å². The zero-order valence-corrected chi connectivity index (χ0v) is 11.2. The van der Waals surface area contributed by atoms with Crippen LogP contribution in [0.2, 0.25) is 0 Å². The summed E-state index contributed by atoms with van der Waals surface area (Å²) in [7, 11) is 1.67. The zero-order chi connectivity index (χ0) is 12.7. The first-order chi connectivity index (χ1) is 8.15. The molecular weight excluding hydrogens is 218 g/mol. The van der Waals surface area contributed by atoms with Gasteiger partial charge in [-0.2, -0.15) is 0 Å². The van der Waals surface area contributed by atoms with Crippen molar-refractivity contribution < 1.29 is 9.53 Å². The fourth-order valence-electron chi connectivity index (χ4n) is 2.06. The summed E-state index contributed by atoms with van der Waals surface area (Å²) < 4.78 is 4.94. The first-order valence-electron chi connectivity index (χ1n) is 6.39. The smallest absolute Gasteiger partial charge is 0.237 e. The third-order valence-corrected chi connectivity index (χ3v) is 3.15. The molecule has 2 N–H and O–H groups in total. The summed E-state index contributed by atoms with van der Waals surface area (Å²) in [6.07, 6.45) is 0.868. The molecule has 2 atom stereocenters. The number of nitrogens with one attached hydrogen (secondary N) is 2. The monoisotopic (exact) mass is 243 g/mol. The molecule has 0 aromatic heterocycles. The van der Waals surface area contributed by atoms with Gasteiger partial charge in [-0.05, 0) is 20.3 Å². The van der Waals surface area contributed by atoms with Crippen LogP contribution in [0.5, 0.6) is 0 Å². The molecule has 0 saturated carbocycles. The molecule has 5 nitrogen and oxygen atoms in total. The fourth-order valence-corrected chi connectivity index (χ4v) is 2.06. The van der Waals surface area contributed by atoms with Crippen molar-refractivity contribution in [2.24, 2.45) is 0 Å². The highest BCUT2D eigenvalue weighted by atomic mass is 16.5. The molecule has 1 aliphatic rings. The molecule has 1 heterocycles. The molecule has 1 saturated heterocycles. The minimum atomic E-state index is -0.0397. The highest BCUT2D eigenvalue weighted by Gasteiger charge is 2.24. The van der Waals surface area contributed by atoms with Gasteiger partial charge in [0.05, 0.1) is 6.04 Å². The molecule has 1 unspecified atom stereocenters. The fraction of sp³-hybridized carbons (Fsp3) is 0.917. The third kappa shape index (κ3) is 5.02. The molecule has 1 aliphatic heterocycles. The van der Waals surface area contributed by atoms with Crippen molar-refractivity contribution in [3.63, 3.8) is 0 Å². The van der Waals surface area contributed by atoms with E-state index in [0.29, 0.717) is 19.2 Å². The number of piperazine rings is 1. The van der Waals surface area contributed by atoms with Crippen LogP contribution in [0, 0.1) is 0 Å². The standard InChI is InChI=1S/C12H25N3O2/c1-10-9-15(7-6-13-10)11(2)12(16)14-5-4-8-17-3/h10-11,13H,4-9H2,1-3H3,(H,14,16)/t10-,11?/m1/s1. The van der Waals surface area contributed by atoms with Gasteiger partial charge >= 0.3 is 0 Å². The second-order valence-electron chi connectivity index (χ2n) is 4.66. The molecule has 0 aliphatic carbocycles. The van der Waals surface area contributed by atoms with Gasteiger partial charge in [0, 0.05) is 45.9 Å². The van der Waals surface area contributed by atoms with Gasteiger partial charge in [-0.3, -0.25) is 9.69 Å². The van der Waals surface area contributed by atoms with E-state index >= 15 is 0 Å². The van der Waals surface area contributed by atoms with Gasteiger partial charge < -0.3 is 15.4 Å². The maximum atomic E-state index is 11.9. The quantitative estimate of drug-likeness (QED) is 0.636. The Bertz CT molecular complexity index is 236. The Balaban J connectivity index is 2.25. The molecule has 1 amide bonds. The number of rotatable bonds is 6. The van der Waals surface area contributed by atoms with E-state index in [9.17, 15) is 4.79 Å². The second kappa shape index (κ2) is 7.63. The molecular formula is C12H25N3O2. The summed E-state index contributed by atoms with van der Waals surface area (Å²) >= 11 is 0. The van der Waals surface area contributed by atoms with E-state index in [1.54, 1.807) is 7.11 Å². The van der Waals surface area contributed by atoms with E-state index in [2.05, 4.69) is 22.5 Å². The Morgan fingerprint density at radius 2 is 2.41 bits per heavy atom. The second-order valence-corrected chi connectivity index (χ2v) is 4.66. The molecule has 17 heavy (non-hydrogen) atoms. The van der Waals surface area contributed by atoms with Crippen LogP contribution in [-0.4, -0.2) is 62.8 Å². The largest absolute Gasteiger partial charge is 0.385 e. The highest BCUT2D eigenvalue weighted by Crippen LogP contribution is 2.04. The predicted octanol–water partition coefficient (Wildman–Crippen LogP) is -0.179. The van der Waals surface area contributed by atoms with Crippen molar-refractivity contribution in [2.45, 2.75) is 32.4 Å². The van der Waals surface area contributed by atoms with Crippen molar-refractivity contribution in [1.82, 2.24) is 15.5 Å². The minimum absolute atomic E-state index is 0.0397. The topological polar surface area (TPSA) is 53.6 Å². The van der Waals surface area contributed by atoms with Crippen molar-refractivity contribution in [3.05, 3.63) is 0 Å². The van der Waals surface area contributed by atoms with E-state index in [4.69, 9.17) is 4.74 Å². The lowest BCUT2D eigenvalue weighted by molar-refractivity contribution is -0.126. The van der Waals surface area contributed by atoms with Crippen LogP contribution >= 0.6 is 0 Å². The number of methoxy groups -OCH3 is 1. The van der Waals surface area contributed by atoms with Gasteiger partial charge in [-0.15, -0.1) is 0 Å². The van der Waals surface area contributed by atoms with Crippen LogP contribution in [0.25, 0.3) is 0 Å². The lowest BCUT2D eigenvalue weighted by Crippen LogP contribution is -2.55. The van der Waals surface area contributed by atoms with Crippen LogP contribution in [0.4, 0.5) is 0 Å². The normalized spacial score (nSPS) is 23.4. The average Bonchev–Trinajstić information content (AvgIpc) is 2.33. The van der Waals surface area contributed by atoms with Crippen molar-refractivity contribution in [1.29, 1.82) is 0 Å². The average molecular weight is 243 g/mol. The number of amides is 1. The van der Waals surface area contributed by atoms with E-state index in [0.717, 1.165) is 26.1 Å². The van der Waals surface area contributed by atoms with Crippen LogP contribution in [0.15, 0.2) is 0 Å². The SMILES string of the molecule is COCCCNC(=O)C(C)N1CCN[C@H](C)C1. The van der Waals surface area contributed by atoms with Crippen molar-refractivity contribution in [2.75, 3.05) is 39.9 Å². The first-order valence-corrected chi connectivity index (χ1v) is 6.39. The molecule has 100 valence electrons. The van der Waals surface area contributed by atoms with Gasteiger partial charge in [0.1, 0.15) is 0 Å². The first kappa shape index (κ1) is 14.4. The number of ether oxygens (including phenoxy) is 1. The Hall–Kier alpha value is -0.650. The Morgan fingerprint density at radius 1 is 1.65 bits per heavy atom. The predicted molar refractivity (Wildman–Crippen MR) is 68.0 cm³/mol. The van der Waals surface area contributed by atoms with E-state index < -0.39 is 0 Å². The zero-order valence-electron chi connectivity index (χ0n) is 11.2. The Labute approximate surface area is 104 Å². The molecule has 0 radical (unpaired) electrons. The summed E-state index contributed by atoms with van der Waals surface area (Å²) in [5, 5.41) is 6.32. The van der Waals surface area contributed by atoms with Crippen molar-refractivity contribution >= 4 is 5.91 Å². The van der Waals surface area contributed by atoms with Gasteiger partial charge in [-0.25, -0.2) is 0 Å². The lowest BCUT2D eigenvalue weighted by Gasteiger charge is -2.35. The molecule has 0 spiro atoms. The highest BCUT2D eigenvalue weighted by molar-refractivity contribution is 5.81. The Morgan fingerprint density at radius 3 is 3.06 bits per heavy atom. The van der Waals surface area contributed by atoms with Gasteiger partial charge in [0.25, 0.3) is 0 Å². The number of hydrogen-bond acceptors (Lipinski definition) is 4. The maximum Gasteiger partial charge on any atom is 0.237 e. The molecule has 0 aromatic rings. The Kier molecular flexibility index (Phi) is 6.47. The number of nitrogens with zero attached hydrogens (tertiary/aromatic N) is 1. The number of hydrogen-bond donors (Lipinski definition) is 2. The summed E-state index contributed by atoms with van der Waals surface area (Å²) in [4.78, 5) is 14.1. The third-order valence-electron chi connectivity index (χ3n) is 3.15. The minimum Gasteiger partial charge on any atom is -0.385 e. The summed E-state index contributed by atoms with van der Waals surface area (Å²) in [5.74, 6) is 0.121. The van der Waals surface area contributed by atoms with Gasteiger partial charge in [0.2, 0.25) is 5.91 Å². The van der Waals surface area contributed by atoms with Crippen LogP contribution in [-0.2, 0) is 9.53 Å². The number of carbonyl (C=O) groups is 1. The van der Waals surface area contributed by atoms with E-state index in [1.807, 2.05) is 6.92 Å². The number of carbonyl (C=O) groups excluding carboxylic acids is 1. The lowest BCUT2D eigenvalue weighted by atomic mass is 10.1. The molecule has 1 fully saturated rings. The molecule has 1 rings (SSSR count). The molecule has 5 heteroatoms. The maximum absolute atomic E-state index is 11.9. The van der Waals surface area contributed by atoms with Gasteiger partial charge in [-0.1, -0.05) is 0 Å². The molecule has 0 aromatic carbocycles. The van der Waals surface area contributed by atoms with E-state index in [-0.39, 0.29) is 11.9 Å². The summed E-state index contributed by atoms with van der Waals surface area (Å²) in [5.41, 5.74) is 0.